The minimum Gasteiger partial charge on any atom is -0.497 e. The summed E-state index contributed by atoms with van der Waals surface area (Å²) in [6, 6.07) is 5.67. The van der Waals surface area contributed by atoms with Crippen LogP contribution in [0.5, 0.6) is 5.75 Å². The normalized spacial score (nSPS) is 12.6. The van der Waals surface area contributed by atoms with Crippen molar-refractivity contribution in [1.82, 2.24) is 0 Å². The van der Waals surface area contributed by atoms with Gasteiger partial charge in [-0.3, -0.25) is 0 Å². The lowest BCUT2D eigenvalue weighted by atomic mass is 10.0. The maximum absolute atomic E-state index is 12.2. The van der Waals surface area contributed by atoms with Gasteiger partial charge in [-0.2, -0.15) is 13.2 Å². The van der Waals surface area contributed by atoms with E-state index in [0.717, 1.165) is 6.07 Å². The number of halogens is 3. The van der Waals surface area contributed by atoms with Crippen LogP contribution < -0.4 is 10.4 Å². The Balaban J connectivity index is 2.25. The van der Waals surface area contributed by atoms with Crippen molar-refractivity contribution >= 4 is 22.9 Å². The Morgan fingerprint density at radius 2 is 1.96 bits per heavy atom. The molecule has 1 heterocycles. The number of alkyl halides is 3. The molecule has 0 spiro atoms. The van der Waals surface area contributed by atoms with Crippen LogP contribution in [0.2, 0.25) is 0 Å². The molecule has 0 aliphatic rings. The zero-order valence-electron chi connectivity index (χ0n) is 13.3. The minimum absolute atomic E-state index is 0.128. The highest BCUT2D eigenvalue weighted by atomic mass is 19.4. The first-order chi connectivity index (χ1) is 12.1. The number of fused-ring (bicyclic) bond motifs is 1. The van der Waals surface area contributed by atoms with E-state index < -0.39 is 36.3 Å². The molecule has 2 aromatic rings. The molecule has 0 fully saturated rings. The van der Waals surface area contributed by atoms with Crippen LogP contribution in [0.4, 0.5) is 13.2 Å². The third-order valence-electron chi connectivity index (χ3n) is 3.47. The molecule has 1 aromatic heterocycles. The monoisotopic (exact) mass is 374 g/mol. The fourth-order valence-corrected chi connectivity index (χ4v) is 2.26. The van der Waals surface area contributed by atoms with E-state index in [1.54, 1.807) is 12.1 Å². The van der Waals surface area contributed by atoms with E-state index in [0.29, 0.717) is 16.7 Å². The Bertz CT molecular complexity index is 886. The number of esters is 1. The number of hydrogen-bond donors (Lipinski definition) is 1. The summed E-state index contributed by atoms with van der Waals surface area (Å²) in [5.74, 6) is -3.90. The lowest BCUT2D eigenvalue weighted by molar-refractivity contribution is -0.207. The van der Waals surface area contributed by atoms with Crippen molar-refractivity contribution in [1.29, 1.82) is 0 Å². The predicted octanol–water partition coefficient (Wildman–Crippen LogP) is 2.29. The van der Waals surface area contributed by atoms with Crippen LogP contribution in [0.15, 0.2) is 33.5 Å². The van der Waals surface area contributed by atoms with Gasteiger partial charge in [0.05, 0.1) is 7.11 Å². The number of rotatable bonds is 6. The van der Waals surface area contributed by atoms with Gasteiger partial charge in [-0.1, -0.05) is 0 Å². The summed E-state index contributed by atoms with van der Waals surface area (Å²) in [5, 5.41) is 9.42. The van der Waals surface area contributed by atoms with E-state index in [1.165, 1.54) is 13.2 Å². The van der Waals surface area contributed by atoms with Crippen molar-refractivity contribution in [3.63, 3.8) is 0 Å². The number of aliphatic carboxylic acids is 1. The summed E-state index contributed by atoms with van der Waals surface area (Å²) >= 11 is 0. The summed E-state index contributed by atoms with van der Waals surface area (Å²) in [6.45, 7) is 0. The zero-order chi connectivity index (χ0) is 19.5. The van der Waals surface area contributed by atoms with Gasteiger partial charge in [0.2, 0.25) is 0 Å². The average Bonchev–Trinajstić information content (AvgIpc) is 2.56. The molecule has 0 bridgehead atoms. The fraction of sp³-hybridized carbons (Fsp3) is 0.312. The molecule has 0 amide bonds. The number of carbonyl (C=O) groups excluding carboxylic acids is 1. The van der Waals surface area contributed by atoms with Gasteiger partial charge in [0.1, 0.15) is 11.3 Å². The smallest absolute Gasteiger partial charge is 0.490 e. The largest absolute Gasteiger partial charge is 0.497 e. The number of aryl methyl sites for hydroxylation is 1. The predicted molar refractivity (Wildman–Crippen MR) is 80.9 cm³/mol. The fourth-order valence-electron chi connectivity index (χ4n) is 2.26. The van der Waals surface area contributed by atoms with E-state index >= 15 is 0 Å². The molecule has 0 saturated heterocycles. The van der Waals surface area contributed by atoms with Gasteiger partial charge in [0.25, 0.3) is 0 Å². The first-order valence-electron chi connectivity index (χ1n) is 7.23. The lowest BCUT2D eigenvalue weighted by Gasteiger charge is -2.15. The molecule has 1 N–H and O–H groups in total. The lowest BCUT2D eigenvalue weighted by Crippen LogP contribution is -2.34. The summed E-state index contributed by atoms with van der Waals surface area (Å²) in [5.41, 5.74) is -0.209. The van der Waals surface area contributed by atoms with Crippen molar-refractivity contribution in [2.24, 2.45) is 0 Å². The molecule has 0 unspecified atom stereocenters. The molecule has 1 aromatic carbocycles. The Hall–Kier alpha value is -3.04. The molecule has 0 radical (unpaired) electrons. The van der Waals surface area contributed by atoms with Crippen LogP contribution >= 0.6 is 0 Å². The Kier molecular flexibility index (Phi) is 5.53. The first-order valence-corrected chi connectivity index (χ1v) is 7.23. The van der Waals surface area contributed by atoms with Gasteiger partial charge in [-0.05, 0) is 30.5 Å². The second-order valence-corrected chi connectivity index (χ2v) is 5.22. The summed E-state index contributed by atoms with van der Waals surface area (Å²) in [6.07, 6.45) is -7.90. The van der Waals surface area contributed by atoms with Crippen molar-refractivity contribution < 1.29 is 41.8 Å². The van der Waals surface area contributed by atoms with Crippen LogP contribution in [0.1, 0.15) is 12.0 Å². The van der Waals surface area contributed by atoms with Gasteiger partial charge < -0.3 is 19.0 Å². The molecule has 1 atom stereocenters. The number of ether oxygens (including phenoxy) is 2. The standard InChI is InChI=1S/C16H13F3O7/c1-24-9-3-4-10-8(6-13(20)25-12(10)7-9)2-5-11(14(21)22)26-15(23)16(17,18)19/h3-4,6-7,11H,2,5H2,1H3,(H,21,22)/t11-/m0/s1. The number of hydrogen-bond acceptors (Lipinski definition) is 6. The van der Waals surface area contributed by atoms with E-state index in [4.69, 9.17) is 14.3 Å². The Morgan fingerprint density at radius 3 is 2.54 bits per heavy atom. The van der Waals surface area contributed by atoms with Crippen molar-refractivity contribution in [2.75, 3.05) is 7.11 Å². The highest BCUT2D eigenvalue weighted by molar-refractivity contribution is 5.82. The van der Waals surface area contributed by atoms with Gasteiger partial charge >= 0.3 is 23.7 Å². The second kappa shape index (κ2) is 7.46. The molecule has 2 rings (SSSR count). The van der Waals surface area contributed by atoms with Gasteiger partial charge in [-0.15, -0.1) is 0 Å². The SMILES string of the molecule is COc1ccc2c(CC[C@H](OC(=O)C(F)(F)F)C(=O)O)cc(=O)oc2c1. The summed E-state index contributed by atoms with van der Waals surface area (Å²) in [4.78, 5) is 33.5. The van der Waals surface area contributed by atoms with Crippen LogP contribution in [-0.2, 0) is 20.7 Å². The molecular weight excluding hydrogens is 361 g/mol. The second-order valence-electron chi connectivity index (χ2n) is 5.22. The third kappa shape index (κ3) is 4.52. The summed E-state index contributed by atoms with van der Waals surface area (Å²) < 4.78 is 50.7. The minimum atomic E-state index is -5.30. The maximum Gasteiger partial charge on any atom is 0.490 e. The third-order valence-corrected chi connectivity index (χ3v) is 3.47. The van der Waals surface area contributed by atoms with E-state index in [1.807, 2.05) is 0 Å². The van der Waals surface area contributed by atoms with Gasteiger partial charge in [0.15, 0.2) is 6.10 Å². The Labute approximate surface area is 143 Å². The highest BCUT2D eigenvalue weighted by Crippen LogP contribution is 2.24. The number of methoxy groups -OCH3 is 1. The number of carboxylic acids is 1. The molecule has 7 nitrogen and oxygen atoms in total. The van der Waals surface area contributed by atoms with Crippen molar-refractivity contribution in [3.05, 3.63) is 40.2 Å². The number of carboxylic acid groups (broad SMARTS) is 1. The van der Waals surface area contributed by atoms with E-state index in [-0.39, 0.29) is 12.0 Å². The summed E-state index contributed by atoms with van der Waals surface area (Å²) in [7, 11) is 1.41. The molecular formula is C16H13F3O7. The molecule has 0 aliphatic carbocycles. The van der Waals surface area contributed by atoms with E-state index in [2.05, 4.69) is 4.74 Å². The quantitative estimate of drug-likeness (QED) is 0.611. The van der Waals surface area contributed by atoms with Crippen LogP contribution in [0.3, 0.4) is 0 Å². The Morgan fingerprint density at radius 1 is 1.27 bits per heavy atom. The van der Waals surface area contributed by atoms with Crippen LogP contribution in [-0.4, -0.2) is 36.4 Å². The van der Waals surface area contributed by atoms with Crippen LogP contribution in [0.25, 0.3) is 11.0 Å². The molecule has 26 heavy (non-hydrogen) atoms. The molecule has 0 aliphatic heterocycles. The average molecular weight is 374 g/mol. The molecule has 10 heteroatoms. The highest BCUT2D eigenvalue weighted by Gasteiger charge is 2.43. The van der Waals surface area contributed by atoms with Crippen LogP contribution in [0, 0.1) is 0 Å². The zero-order valence-corrected chi connectivity index (χ0v) is 13.3. The number of benzene rings is 1. The van der Waals surface area contributed by atoms with E-state index in [9.17, 15) is 27.6 Å². The topological polar surface area (TPSA) is 103 Å². The molecule has 140 valence electrons. The van der Waals surface area contributed by atoms with Gasteiger partial charge in [-0.25, -0.2) is 14.4 Å². The van der Waals surface area contributed by atoms with Gasteiger partial charge in [0, 0.05) is 17.5 Å². The molecule has 0 saturated carbocycles. The maximum atomic E-state index is 12.2. The first kappa shape index (κ1) is 19.3. The van der Waals surface area contributed by atoms with Crippen molar-refractivity contribution in [3.8, 4) is 5.75 Å². The number of carbonyl (C=O) groups is 2. The van der Waals surface area contributed by atoms with Crippen molar-refractivity contribution in [2.45, 2.75) is 25.1 Å².